The van der Waals surface area contributed by atoms with E-state index < -0.39 is 10.0 Å². The molecule has 1 aliphatic carbocycles. The van der Waals surface area contributed by atoms with Gasteiger partial charge in [0.1, 0.15) is 0 Å². The quantitative estimate of drug-likeness (QED) is 0.778. The Bertz CT molecular complexity index is 493. The number of hydrogen-bond acceptors (Lipinski definition) is 3. The zero-order valence-corrected chi connectivity index (χ0v) is 10.0. The van der Waals surface area contributed by atoms with Crippen LogP contribution < -0.4 is 10.5 Å². The number of rotatable bonds is 4. The second kappa shape index (κ2) is 4.07. The molecular formula is C11H16N2O2S. The Morgan fingerprint density at radius 1 is 1.44 bits per heavy atom. The smallest absolute Gasteiger partial charge is 0.240 e. The fourth-order valence-electron chi connectivity index (χ4n) is 1.60. The fourth-order valence-corrected chi connectivity index (χ4v) is 2.94. The second-order valence-corrected chi connectivity index (χ2v) is 6.06. The molecule has 0 saturated heterocycles. The summed E-state index contributed by atoms with van der Waals surface area (Å²) in [6.07, 6.45) is 2.26. The monoisotopic (exact) mass is 240 g/mol. The molecule has 3 N–H and O–H groups in total. The number of hydrogen-bond donors (Lipinski definition) is 2. The molecule has 1 fully saturated rings. The summed E-state index contributed by atoms with van der Waals surface area (Å²) in [5.74, 6) is 0.531. The molecule has 1 aromatic carbocycles. The first-order valence-electron chi connectivity index (χ1n) is 5.35. The minimum absolute atomic E-state index is 0.322. The van der Waals surface area contributed by atoms with Gasteiger partial charge in [0.05, 0.1) is 4.90 Å². The van der Waals surface area contributed by atoms with E-state index in [1.165, 1.54) is 0 Å². The van der Waals surface area contributed by atoms with Gasteiger partial charge in [-0.3, -0.25) is 0 Å². The van der Waals surface area contributed by atoms with Crippen LogP contribution in [0.25, 0.3) is 0 Å². The van der Waals surface area contributed by atoms with Crippen LogP contribution in [-0.2, 0) is 10.0 Å². The van der Waals surface area contributed by atoms with Gasteiger partial charge in [0.25, 0.3) is 0 Å². The van der Waals surface area contributed by atoms with Crippen molar-refractivity contribution < 1.29 is 8.42 Å². The lowest BCUT2D eigenvalue weighted by Gasteiger charge is -2.09. The summed E-state index contributed by atoms with van der Waals surface area (Å²) in [4.78, 5) is 0.322. The maximum absolute atomic E-state index is 11.9. The van der Waals surface area contributed by atoms with Crippen molar-refractivity contribution in [3.05, 3.63) is 23.8 Å². The normalized spacial score (nSPS) is 16.3. The minimum Gasteiger partial charge on any atom is -0.399 e. The molecule has 5 heteroatoms. The van der Waals surface area contributed by atoms with Crippen LogP contribution in [0.5, 0.6) is 0 Å². The molecule has 1 aromatic rings. The van der Waals surface area contributed by atoms with Crippen molar-refractivity contribution in [2.24, 2.45) is 5.92 Å². The fraction of sp³-hybridized carbons (Fsp3) is 0.455. The summed E-state index contributed by atoms with van der Waals surface area (Å²) in [6, 6.07) is 4.84. The summed E-state index contributed by atoms with van der Waals surface area (Å²) in [5, 5.41) is 0. The average molecular weight is 240 g/mol. The SMILES string of the molecule is Cc1cc(N)ccc1S(=O)(=O)NCC1CC1. The topological polar surface area (TPSA) is 72.2 Å². The molecule has 0 atom stereocenters. The van der Waals surface area contributed by atoms with Gasteiger partial charge in [-0.2, -0.15) is 0 Å². The van der Waals surface area contributed by atoms with Gasteiger partial charge in [0.2, 0.25) is 10.0 Å². The van der Waals surface area contributed by atoms with Crippen molar-refractivity contribution in [3.63, 3.8) is 0 Å². The van der Waals surface area contributed by atoms with Crippen molar-refractivity contribution >= 4 is 15.7 Å². The van der Waals surface area contributed by atoms with Gasteiger partial charge in [-0.05, 0) is 49.4 Å². The van der Waals surface area contributed by atoms with Crippen molar-refractivity contribution in [2.45, 2.75) is 24.7 Å². The van der Waals surface area contributed by atoms with Crippen LogP contribution in [-0.4, -0.2) is 15.0 Å². The van der Waals surface area contributed by atoms with Crippen LogP contribution in [0.1, 0.15) is 18.4 Å². The summed E-state index contributed by atoms with van der Waals surface area (Å²) in [6.45, 7) is 2.30. The van der Waals surface area contributed by atoms with Crippen LogP contribution in [0.2, 0.25) is 0 Å². The first-order valence-corrected chi connectivity index (χ1v) is 6.83. The Labute approximate surface area is 95.9 Å². The predicted molar refractivity (Wildman–Crippen MR) is 63.5 cm³/mol. The van der Waals surface area contributed by atoms with Crippen molar-refractivity contribution in [1.29, 1.82) is 0 Å². The highest BCUT2D eigenvalue weighted by Gasteiger charge is 2.24. The molecule has 1 aliphatic rings. The Kier molecular flexibility index (Phi) is 2.90. The molecule has 2 rings (SSSR count). The van der Waals surface area contributed by atoms with Gasteiger partial charge in [-0.15, -0.1) is 0 Å². The zero-order valence-electron chi connectivity index (χ0n) is 9.23. The van der Waals surface area contributed by atoms with Gasteiger partial charge in [0, 0.05) is 12.2 Å². The van der Waals surface area contributed by atoms with Gasteiger partial charge >= 0.3 is 0 Å². The molecule has 0 unspecified atom stereocenters. The highest BCUT2D eigenvalue weighted by Crippen LogP contribution is 2.28. The van der Waals surface area contributed by atoms with Gasteiger partial charge in [0.15, 0.2) is 0 Å². The number of aryl methyl sites for hydroxylation is 1. The third kappa shape index (κ3) is 2.54. The Morgan fingerprint density at radius 3 is 2.69 bits per heavy atom. The molecule has 0 bridgehead atoms. The number of nitrogens with one attached hydrogen (secondary N) is 1. The van der Waals surface area contributed by atoms with E-state index in [0.29, 0.717) is 28.6 Å². The highest BCUT2D eigenvalue weighted by atomic mass is 32.2. The summed E-state index contributed by atoms with van der Waals surface area (Å²) in [5.41, 5.74) is 6.85. The molecule has 88 valence electrons. The molecule has 0 heterocycles. The summed E-state index contributed by atoms with van der Waals surface area (Å²) < 4.78 is 26.5. The Hall–Kier alpha value is -1.07. The highest BCUT2D eigenvalue weighted by molar-refractivity contribution is 7.89. The van der Waals surface area contributed by atoms with Crippen molar-refractivity contribution in [2.75, 3.05) is 12.3 Å². The van der Waals surface area contributed by atoms with Crippen LogP contribution in [0.4, 0.5) is 5.69 Å². The van der Waals surface area contributed by atoms with Crippen LogP contribution in [0.15, 0.2) is 23.1 Å². The molecule has 1 saturated carbocycles. The minimum atomic E-state index is -3.37. The van der Waals surface area contributed by atoms with Gasteiger partial charge in [-0.25, -0.2) is 13.1 Å². The van der Waals surface area contributed by atoms with E-state index in [1.54, 1.807) is 25.1 Å². The lowest BCUT2D eigenvalue weighted by atomic mass is 10.2. The van der Waals surface area contributed by atoms with E-state index in [4.69, 9.17) is 5.73 Å². The van der Waals surface area contributed by atoms with E-state index in [-0.39, 0.29) is 0 Å². The van der Waals surface area contributed by atoms with Gasteiger partial charge < -0.3 is 5.73 Å². The van der Waals surface area contributed by atoms with Crippen LogP contribution >= 0.6 is 0 Å². The molecule has 0 amide bonds. The van der Waals surface area contributed by atoms with Crippen molar-refractivity contribution in [3.8, 4) is 0 Å². The van der Waals surface area contributed by atoms with Gasteiger partial charge in [-0.1, -0.05) is 0 Å². The molecular weight excluding hydrogens is 224 g/mol. The summed E-state index contributed by atoms with van der Waals surface area (Å²) in [7, 11) is -3.37. The lowest BCUT2D eigenvalue weighted by molar-refractivity contribution is 0.577. The molecule has 0 spiro atoms. The zero-order chi connectivity index (χ0) is 11.8. The van der Waals surface area contributed by atoms with Crippen LogP contribution in [0, 0.1) is 12.8 Å². The lowest BCUT2D eigenvalue weighted by Crippen LogP contribution is -2.26. The molecule has 0 radical (unpaired) electrons. The average Bonchev–Trinajstić information content (AvgIpc) is 2.97. The molecule has 0 aliphatic heterocycles. The first kappa shape index (κ1) is 11.4. The Morgan fingerprint density at radius 2 is 2.12 bits per heavy atom. The maximum atomic E-state index is 11.9. The molecule has 4 nitrogen and oxygen atoms in total. The molecule has 16 heavy (non-hydrogen) atoms. The first-order chi connectivity index (χ1) is 7.49. The number of nitrogens with two attached hydrogens (primary N) is 1. The second-order valence-electron chi connectivity index (χ2n) is 4.32. The van der Waals surface area contributed by atoms with E-state index in [2.05, 4.69) is 4.72 Å². The number of benzene rings is 1. The number of anilines is 1. The number of sulfonamides is 1. The Balaban J connectivity index is 2.20. The van der Waals surface area contributed by atoms with Crippen LogP contribution in [0.3, 0.4) is 0 Å². The third-order valence-electron chi connectivity index (χ3n) is 2.75. The largest absolute Gasteiger partial charge is 0.399 e. The standard InChI is InChI=1S/C11H16N2O2S/c1-8-6-10(12)4-5-11(8)16(14,15)13-7-9-2-3-9/h4-6,9,13H,2-3,7,12H2,1H3. The van der Waals surface area contributed by atoms with E-state index in [1.807, 2.05) is 0 Å². The van der Waals surface area contributed by atoms with Crippen molar-refractivity contribution in [1.82, 2.24) is 4.72 Å². The number of nitrogen functional groups attached to an aromatic ring is 1. The summed E-state index contributed by atoms with van der Waals surface area (Å²) >= 11 is 0. The third-order valence-corrected chi connectivity index (χ3v) is 4.33. The maximum Gasteiger partial charge on any atom is 0.240 e. The van der Waals surface area contributed by atoms with E-state index in [0.717, 1.165) is 12.8 Å². The van der Waals surface area contributed by atoms with E-state index >= 15 is 0 Å². The molecule has 0 aromatic heterocycles. The van der Waals surface area contributed by atoms with E-state index in [9.17, 15) is 8.42 Å². The predicted octanol–water partition coefficient (Wildman–Crippen LogP) is 1.27.